The number of thiophene rings is 1. The molecular formula is C23H18FNO3S. The van der Waals surface area contributed by atoms with E-state index in [0.29, 0.717) is 16.2 Å². The summed E-state index contributed by atoms with van der Waals surface area (Å²) in [6.45, 7) is 0. The number of fused-ring (bicyclic) bond motifs is 1. The molecule has 4 aromatic rings. The molecule has 6 heteroatoms. The summed E-state index contributed by atoms with van der Waals surface area (Å²) in [6.07, 6.45) is 3.25. The minimum Gasteiger partial charge on any atom is -0.457 e. The van der Waals surface area contributed by atoms with Gasteiger partial charge < -0.3 is 14.4 Å². The van der Waals surface area contributed by atoms with Crippen molar-refractivity contribution < 1.29 is 14.2 Å². The Bertz CT molecular complexity index is 1290. The summed E-state index contributed by atoms with van der Waals surface area (Å²) in [5.41, 5.74) is 1.63. The summed E-state index contributed by atoms with van der Waals surface area (Å²) >= 11 is 1.41. The molecule has 2 aromatic carbocycles. The molecule has 1 aliphatic carbocycles. The van der Waals surface area contributed by atoms with Gasteiger partial charge in [-0.2, -0.15) is 0 Å². The highest BCUT2D eigenvalue weighted by atomic mass is 32.1. The Labute approximate surface area is 170 Å². The first-order valence-electron chi connectivity index (χ1n) is 9.32. The number of nitrogens with zero attached hydrogens (tertiary/aromatic N) is 1. The molecule has 0 aliphatic heterocycles. The summed E-state index contributed by atoms with van der Waals surface area (Å²) in [7, 11) is 1.73. The Kier molecular flexibility index (Phi) is 4.08. The highest BCUT2D eigenvalue weighted by molar-refractivity contribution is 7.17. The maximum Gasteiger partial charge on any atom is 0.268 e. The highest BCUT2D eigenvalue weighted by Crippen LogP contribution is 2.48. The third-order valence-corrected chi connectivity index (χ3v) is 6.27. The predicted octanol–water partition coefficient (Wildman–Crippen LogP) is 5.18. The summed E-state index contributed by atoms with van der Waals surface area (Å²) < 4.78 is 21.6. The molecule has 0 amide bonds. The fourth-order valence-corrected chi connectivity index (χ4v) is 4.43. The number of rotatable bonds is 4. The van der Waals surface area contributed by atoms with Crippen molar-refractivity contribution in [2.75, 3.05) is 0 Å². The molecule has 0 saturated heterocycles. The molecule has 2 aromatic heterocycles. The fourth-order valence-electron chi connectivity index (χ4n) is 3.54. The SMILES string of the molecule is Cn1cc(-c2cc(C3(O)CC3)ccc2Oc2ccc(F)cc2)c2ccsc2c1=O. The highest BCUT2D eigenvalue weighted by Gasteiger charge is 2.42. The van der Waals surface area contributed by atoms with Gasteiger partial charge in [-0.15, -0.1) is 11.3 Å². The molecule has 0 spiro atoms. The van der Waals surface area contributed by atoms with Crippen molar-refractivity contribution in [3.63, 3.8) is 0 Å². The second-order valence-corrected chi connectivity index (χ2v) is 8.34. The van der Waals surface area contributed by atoms with Crippen molar-refractivity contribution in [1.82, 2.24) is 4.57 Å². The van der Waals surface area contributed by atoms with E-state index in [0.717, 1.165) is 34.9 Å². The molecule has 1 N–H and O–H groups in total. The van der Waals surface area contributed by atoms with Gasteiger partial charge in [0.25, 0.3) is 5.56 Å². The molecular weight excluding hydrogens is 389 g/mol. The molecule has 1 aliphatic rings. The van der Waals surface area contributed by atoms with Crippen molar-refractivity contribution in [1.29, 1.82) is 0 Å². The van der Waals surface area contributed by atoms with Crippen molar-refractivity contribution in [2.24, 2.45) is 7.05 Å². The van der Waals surface area contributed by atoms with Gasteiger partial charge in [0.1, 0.15) is 22.0 Å². The predicted molar refractivity (Wildman–Crippen MR) is 112 cm³/mol. The number of aliphatic hydroxyl groups is 1. The first-order chi connectivity index (χ1) is 13.9. The second kappa shape index (κ2) is 6.54. The Hall–Kier alpha value is -2.96. The third-order valence-electron chi connectivity index (χ3n) is 5.36. The first kappa shape index (κ1) is 18.1. The molecule has 5 rings (SSSR count). The van der Waals surface area contributed by atoms with Crippen LogP contribution in [0.2, 0.25) is 0 Å². The van der Waals surface area contributed by atoms with Gasteiger partial charge in [0, 0.05) is 29.8 Å². The number of pyridine rings is 1. The Morgan fingerprint density at radius 3 is 2.59 bits per heavy atom. The molecule has 0 radical (unpaired) electrons. The lowest BCUT2D eigenvalue weighted by atomic mass is 9.97. The van der Waals surface area contributed by atoms with E-state index in [-0.39, 0.29) is 11.4 Å². The van der Waals surface area contributed by atoms with Crippen LogP contribution in [0.25, 0.3) is 21.2 Å². The Balaban J connectivity index is 1.71. The van der Waals surface area contributed by atoms with E-state index in [1.807, 2.05) is 29.6 Å². The zero-order valence-electron chi connectivity index (χ0n) is 15.7. The smallest absolute Gasteiger partial charge is 0.268 e. The number of ether oxygens (including phenoxy) is 1. The van der Waals surface area contributed by atoms with Crippen LogP contribution in [-0.2, 0) is 12.6 Å². The van der Waals surface area contributed by atoms with Gasteiger partial charge in [-0.25, -0.2) is 4.39 Å². The number of aromatic nitrogens is 1. The van der Waals surface area contributed by atoms with Gasteiger partial charge in [0.15, 0.2) is 0 Å². The molecule has 29 heavy (non-hydrogen) atoms. The summed E-state index contributed by atoms with van der Waals surface area (Å²) in [6, 6.07) is 13.4. The number of hydrogen-bond acceptors (Lipinski definition) is 4. The lowest BCUT2D eigenvalue weighted by molar-refractivity contribution is 0.151. The van der Waals surface area contributed by atoms with Gasteiger partial charge in [-0.1, -0.05) is 6.07 Å². The first-order valence-corrected chi connectivity index (χ1v) is 10.2. The minimum atomic E-state index is -0.794. The van der Waals surface area contributed by atoms with Crippen LogP contribution >= 0.6 is 11.3 Å². The Morgan fingerprint density at radius 1 is 1.10 bits per heavy atom. The van der Waals surface area contributed by atoms with Gasteiger partial charge in [0.2, 0.25) is 0 Å². The average Bonchev–Trinajstić information content (AvgIpc) is 3.27. The zero-order chi connectivity index (χ0) is 20.2. The van der Waals surface area contributed by atoms with Crippen molar-refractivity contribution in [3.8, 4) is 22.6 Å². The van der Waals surface area contributed by atoms with Crippen LogP contribution in [0.3, 0.4) is 0 Å². The quantitative estimate of drug-likeness (QED) is 0.507. The molecule has 0 bridgehead atoms. The van der Waals surface area contributed by atoms with Crippen LogP contribution in [0.5, 0.6) is 11.5 Å². The normalized spacial score (nSPS) is 14.9. The van der Waals surface area contributed by atoms with Gasteiger partial charge in [-0.3, -0.25) is 4.79 Å². The van der Waals surface area contributed by atoms with Crippen LogP contribution in [0.1, 0.15) is 18.4 Å². The molecule has 2 heterocycles. The van der Waals surface area contributed by atoms with E-state index >= 15 is 0 Å². The van der Waals surface area contributed by atoms with Crippen LogP contribution in [0.15, 0.2) is 64.9 Å². The van der Waals surface area contributed by atoms with E-state index in [1.165, 1.54) is 23.5 Å². The molecule has 1 saturated carbocycles. The molecule has 1 fully saturated rings. The van der Waals surface area contributed by atoms with Crippen LogP contribution in [0.4, 0.5) is 4.39 Å². The van der Waals surface area contributed by atoms with Crippen molar-refractivity contribution >= 4 is 21.4 Å². The van der Waals surface area contributed by atoms with E-state index < -0.39 is 5.60 Å². The van der Waals surface area contributed by atoms with E-state index in [2.05, 4.69) is 0 Å². The van der Waals surface area contributed by atoms with Crippen LogP contribution < -0.4 is 10.3 Å². The summed E-state index contributed by atoms with van der Waals surface area (Å²) in [5.74, 6) is 0.759. The van der Waals surface area contributed by atoms with E-state index in [1.54, 1.807) is 29.9 Å². The standard InChI is InChI=1S/C23H18FNO3S/c1-25-13-19(17-8-11-29-21(17)22(25)26)18-12-14(23(27)9-10-23)2-7-20(18)28-16-5-3-15(24)4-6-16/h2-8,11-13,27H,9-10H2,1H3. The number of halogens is 1. The fraction of sp³-hybridized carbons (Fsp3) is 0.174. The van der Waals surface area contributed by atoms with Gasteiger partial charge in [-0.05, 0) is 66.2 Å². The molecule has 0 atom stereocenters. The summed E-state index contributed by atoms with van der Waals surface area (Å²) in [4.78, 5) is 12.5. The molecule has 0 unspecified atom stereocenters. The number of aryl methyl sites for hydroxylation is 1. The lowest BCUT2D eigenvalue weighted by Gasteiger charge is -2.17. The Morgan fingerprint density at radius 2 is 1.86 bits per heavy atom. The number of benzene rings is 2. The zero-order valence-corrected chi connectivity index (χ0v) is 16.5. The monoisotopic (exact) mass is 407 g/mol. The average molecular weight is 407 g/mol. The van der Waals surface area contributed by atoms with Gasteiger partial charge >= 0.3 is 0 Å². The largest absolute Gasteiger partial charge is 0.457 e. The second-order valence-electron chi connectivity index (χ2n) is 7.42. The topological polar surface area (TPSA) is 51.5 Å². The minimum absolute atomic E-state index is 0.0447. The van der Waals surface area contributed by atoms with Crippen molar-refractivity contribution in [2.45, 2.75) is 18.4 Å². The lowest BCUT2D eigenvalue weighted by Crippen LogP contribution is -2.15. The molecule has 146 valence electrons. The van der Waals surface area contributed by atoms with E-state index in [4.69, 9.17) is 4.74 Å². The van der Waals surface area contributed by atoms with Crippen LogP contribution in [-0.4, -0.2) is 9.67 Å². The maximum atomic E-state index is 13.3. The van der Waals surface area contributed by atoms with Crippen LogP contribution in [0, 0.1) is 5.82 Å². The van der Waals surface area contributed by atoms with E-state index in [9.17, 15) is 14.3 Å². The van der Waals surface area contributed by atoms with Gasteiger partial charge in [0.05, 0.1) is 5.60 Å². The number of hydrogen-bond donors (Lipinski definition) is 1. The molecule has 4 nitrogen and oxygen atoms in total. The maximum absolute atomic E-state index is 13.3. The summed E-state index contributed by atoms with van der Waals surface area (Å²) in [5, 5.41) is 13.4. The van der Waals surface area contributed by atoms with Crippen molar-refractivity contribution in [3.05, 3.63) is 81.8 Å². The third kappa shape index (κ3) is 3.14.